The summed E-state index contributed by atoms with van der Waals surface area (Å²) in [5.74, 6) is 0.625. The maximum absolute atomic E-state index is 12.6. The Morgan fingerprint density at radius 3 is 2.76 bits per heavy atom. The van der Waals surface area contributed by atoms with Crippen LogP contribution in [0.2, 0.25) is 0 Å². The molecular formula is C20H26N4O. The molecule has 0 radical (unpaired) electrons. The Morgan fingerprint density at radius 1 is 1.16 bits per heavy atom. The number of benzene rings is 1. The van der Waals surface area contributed by atoms with Crippen LogP contribution in [0.3, 0.4) is 0 Å². The number of nitrogens with zero attached hydrogens (tertiary/aromatic N) is 3. The van der Waals surface area contributed by atoms with Crippen LogP contribution in [0.25, 0.3) is 0 Å². The van der Waals surface area contributed by atoms with Crippen molar-refractivity contribution in [1.82, 2.24) is 9.97 Å². The minimum atomic E-state index is -0.0211. The highest BCUT2D eigenvalue weighted by atomic mass is 16.1. The number of aromatic amines is 1. The Bertz CT molecular complexity index is 786. The molecule has 0 saturated carbocycles. The molecule has 4 rings (SSSR count). The highest BCUT2D eigenvalue weighted by Crippen LogP contribution is 2.24. The zero-order chi connectivity index (χ0) is 17.2. The van der Waals surface area contributed by atoms with E-state index in [1.54, 1.807) is 0 Å². The molecule has 2 heterocycles. The topological polar surface area (TPSA) is 52.2 Å². The molecular weight excluding hydrogens is 312 g/mol. The number of nitrogens with one attached hydrogen (secondary N) is 1. The second-order valence-corrected chi connectivity index (χ2v) is 7.06. The average Bonchev–Trinajstić information content (AvgIpc) is 2.67. The number of fused-ring (bicyclic) bond motifs is 1. The molecule has 2 aromatic rings. The first kappa shape index (κ1) is 16.2. The van der Waals surface area contributed by atoms with Crippen LogP contribution in [0.4, 0.5) is 11.5 Å². The van der Waals surface area contributed by atoms with Crippen LogP contribution < -0.4 is 15.4 Å². The molecule has 0 amide bonds. The van der Waals surface area contributed by atoms with Crippen LogP contribution in [0, 0.1) is 0 Å². The van der Waals surface area contributed by atoms with E-state index in [4.69, 9.17) is 4.98 Å². The van der Waals surface area contributed by atoms with Gasteiger partial charge in [0.2, 0.25) is 0 Å². The number of hydrogen-bond donors (Lipinski definition) is 1. The van der Waals surface area contributed by atoms with Gasteiger partial charge in [0.1, 0.15) is 0 Å². The summed E-state index contributed by atoms with van der Waals surface area (Å²) in [5.41, 5.74) is 3.39. The summed E-state index contributed by atoms with van der Waals surface area (Å²) in [7, 11) is 0. The van der Waals surface area contributed by atoms with Crippen molar-refractivity contribution >= 4 is 11.5 Å². The van der Waals surface area contributed by atoms with E-state index in [1.165, 1.54) is 12.1 Å². The summed E-state index contributed by atoms with van der Waals surface area (Å²) in [6.45, 7) is 4.87. The van der Waals surface area contributed by atoms with Crippen molar-refractivity contribution in [3.63, 3.8) is 0 Å². The van der Waals surface area contributed by atoms with Gasteiger partial charge in [-0.2, -0.15) is 0 Å². The second kappa shape index (κ2) is 6.90. The number of aromatic nitrogens is 2. The molecule has 1 aromatic carbocycles. The zero-order valence-corrected chi connectivity index (χ0v) is 14.9. The fourth-order valence-corrected chi connectivity index (χ4v) is 4.07. The average molecular weight is 338 g/mol. The Kier molecular flexibility index (Phi) is 4.47. The predicted octanol–water partition coefficient (Wildman–Crippen LogP) is 2.75. The van der Waals surface area contributed by atoms with Crippen molar-refractivity contribution in [3.05, 3.63) is 52.1 Å². The van der Waals surface area contributed by atoms with E-state index in [1.807, 2.05) is 6.07 Å². The van der Waals surface area contributed by atoms with Gasteiger partial charge in [-0.25, -0.2) is 4.98 Å². The zero-order valence-electron chi connectivity index (χ0n) is 14.9. The third kappa shape index (κ3) is 3.15. The van der Waals surface area contributed by atoms with E-state index in [2.05, 4.69) is 46.0 Å². The lowest BCUT2D eigenvalue weighted by atomic mass is 10.0. The number of para-hydroxylation sites is 1. The Labute approximate surface area is 148 Å². The van der Waals surface area contributed by atoms with Gasteiger partial charge < -0.3 is 14.8 Å². The summed E-state index contributed by atoms with van der Waals surface area (Å²) in [5, 5.41) is 0. The summed E-state index contributed by atoms with van der Waals surface area (Å²) < 4.78 is 0. The van der Waals surface area contributed by atoms with Crippen molar-refractivity contribution in [2.75, 3.05) is 29.4 Å². The number of aryl methyl sites for hydroxylation is 2. The molecule has 1 N–H and O–H groups in total. The monoisotopic (exact) mass is 338 g/mol. The second-order valence-electron chi connectivity index (χ2n) is 7.06. The quantitative estimate of drug-likeness (QED) is 0.935. The first-order chi connectivity index (χ1) is 12.3. The largest absolute Gasteiger partial charge is 0.368 e. The number of anilines is 2. The molecule has 132 valence electrons. The number of hydrogen-bond acceptors (Lipinski definition) is 4. The molecule has 1 fully saturated rings. The van der Waals surface area contributed by atoms with Gasteiger partial charge in [0.15, 0.2) is 5.82 Å². The van der Waals surface area contributed by atoms with E-state index in [0.29, 0.717) is 11.9 Å². The fraction of sp³-hybridized carbons (Fsp3) is 0.500. The maximum atomic E-state index is 12.6. The first-order valence-corrected chi connectivity index (χ1v) is 9.45. The Balaban J connectivity index is 1.60. The van der Waals surface area contributed by atoms with Crippen LogP contribution >= 0.6 is 0 Å². The maximum Gasteiger partial charge on any atom is 0.291 e. The van der Waals surface area contributed by atoms with E-state index >= 15 is 0 Å². The smallest absolute Gasteiger partial charge is 0.291 e. The molecule has 0 bridgehead atoms. The highest BCUT2D eigenvalue weighted by Gasteiger charge is 2.29. The SMILES string of the molecule is CCC1CN(c2ccccc2)CCN1c1nc2c([nH]c1=O)CCCC2. The standard InChI is InChI=1S/C20H26N4O/c1-2-15-14-23(16-8-4-3-5-9-16)12-13-24(15)19-20(25)22-18-11-7-6-10-17(18)21-19/h3-5,8-9,15H,2,6-7,10-14H2,1H3,(H,22,25). The van der Waals surface area contributed by atoms with E-state index in [9.17, 15) is 4.79 Å². The summed E-state index contributed by atoms with van der Waals surface area (Å²) in [6, 6.07) is 10.8. The third-order valence-electron chi connectivity index (χ3n) is 5.49. The third-order valence-corrected chi connectivity index (χ3v) is 5.49. The fourth-order valence-electron chi connectivity index (χ4n) is 4.07. The van der Waals surface area contributed by atoms with Gasteiger partial charge >= 0.3 is 0 Å². The minimum absolute atomic E-state index is 0.0211. The summed E-state index contributed by atoms with van der Waals surface area (Å²) in [6.07, 6.45) is 5.26. The first-order valence-electron chi connectivity index (χ1n) is 9.45. The lowest BCUT2D eigenvalue weighted by Gasteiger charge is -2.42. The number of piperazine rings is 1. The summed E-state index contributed by atoms with van der Waals surface area (Å²) in [4.78, 5) is 25.2. The van der Waals surface area contributed by atoms with Crippen molar-refractivity contribution in [2.45, 2.75) is 45.1 Å². The lowest BCUT2D eigenvalue weighted by Crippen LogP contribution is -2.55. The summed E-state index contributed by atoms with van der Waals surface area (Å²) >= 11 is 0. The Morgan fingerprint density at radius 2 is 1.96 bits per heavy atom. The molecule has 0 spiro atoms. The molecule has 1 unspecified atom stereocenters. The van der Waals surface area contributed by atoms with Crippen LogP contribution in [-0.4, -0.2) is 35.6 Å². The van der Waals surface area contributed by atoms with Crippen LogP contribution in [0.1, 0.15) is 37.6 Å². The van der Waals surface area contributed by atoms with E-state index in [0.717, 1.165) is 56.7 Å². The molecule has 5 heteroatoms. The van der Waals surface area contributed by atoms with Crippen LogP contribution in [-0.2, 0) is 12.8 Å². The molecule has 1 aliphatic carbocycles. The van der Waals surface area contributed by atoms with Crippen molar-refractivity contribution in [2.24, 2.45) is 0 Å². The molecule has 1 aromatic heterocycles. The highest BCUT2D eigenvalue weighted by molar-refractivity contribution is 5.50. The molecule has 2 aliphatic rings. The molecule has 5 nitrogen and oxygen atoms in total. The number of rotatable bonds is 3. The van der Waals surface area contributed by atoms with Gasteiger partial charge in [0.25, 0.3) is 5.56 Å². The van der Waals surface area contributed by atoms with E-state index in [-0.39, 0.29) is 5.56 Å². The van der Waals surface area contributed by atoms with Crippen molar-refractivity contribution < 1.29 is 0 Å². The molecule has 1 saturated heterocycles. The van der Waals surface area contributed by atoms with Crippen molar-refractivity contribution in [1.29, 1.82) is 0 Å². The van der Waals surface area contributed by atoms with Crippen molar-refractivity contribution in [3.8, 4) is 0 Å². The normalized spacial score (nSPS) is 20.4. The minimum Gasteiger partial charge on any atom is -0.368 e. The molecule has 25 heavy (non-hydrogen) atoms. The van der Waals surface area contributed by atoms with Gasteiger partial charge in [-0.1, -0.05) is 25.1 Å². The predicted molar refractivity (Wildman–Crippen MR) is 102 cm³/mol. The van der Waals surface area contributed by atoms with Crippen LogP contribution in [0.5, 0.6) is 0 Å². The van der Waals surface area contributed by atoms with E-state index < -0.39 is 0 Å². The lowest BCUT2D eigenvalue weighted by molar-refractivity contribution is 0.501. The van der Waals surface area contributed by atoms with Gasteiger partial charge in [-0.05, 0) is 44.2 Å². The molecule has 1 atom stereocenters. The van der Waals surface area contributed by atoms with Gasteiger partial charge in [0, 0.05) is 37.1 Å². The Hall–Kier alpha value is -2.30. The number of H-pyrrole nitrogens is 1. The van der Waals surface area contributed by atoms with Gasteiger partial charge in [-0.3, -0.25) is 4.79 Å². The van der Waals surface area contributed by atoms with Gasteiger partial charge in [0.05, 0.1) is 5.69 Å². The van der Waals surface area contributed by atoms with Gasteiger partial charge in [-0.15, -0.1) is 0 Å². The molecule has 1 aliphatic heterocycles. The van der Waals surface area contributed by atoms with Crippen LogP contribution in [0.15, 0.2) is 35.1 Å².